The molecule has 0 aromatic rings. The van der Waals surface area contributed by atoms with Crippen molar-refractivity contribution in [1.29, 1.82) is 0 Å². The average molecular weight is 200 g/mol. The molecule has 2 amide bonds. The molecule has 0 aromatic carbocycles. The molecule has 1 aliphatic rings. The van der Waals surface area contributed by atoms with Crippen molar-refractivity contribution < 1.29 is 14.3 Å². The van der Waals surface area contributed by atoms with E-state index in [1.54, 1.807) is 11.9 Å². The summed E-state index contributed by atoms with van der Waals surface area (Å²) < 4.78 is 4.67. The normalized spacial score (nSPS) is 26.1. The van der Waals surface area contributed by atoms with Crippen LogP contribution in [-0.4, -0.2) is 44.1 Å². The molecule has 0 saturated carbocycles. The molecule has 0 spiro atoms. The Morgan fingerprint density at radius 1 is 1.43 bits per heavy atom. The molecule has 0 aliphatic carbocycles. The predicted octanol–water partition coefficient (Wildman–Crippen LogP) is 0.0667. The highest BCUT2D eigenvalue weighted by Gasteiger charge is 2.37. The number of rotatable bonds is 1. The fourth-order valence-corrected chi connectivity index (χ4v) is 1.75. The maximum Gasteiger partial charge on any atom is 0.317 e. The zero-order chi connectivity index (χ0) is 10.7. The Labute approximate surface area is 83.4 Å². The third-order valence-corrected chi connectivity index (χ3v) is 2.62. The lowest BCUT2D eigenvalue weighted by Crippen LogP contribution is -2.37. The molecule has 1 heterocycles. The van der Waals surface area contributed by atoms with Gasteiger partial charge in [-0.15, -0.1) is 0 Å². The number of hydrogen-bond acceptors (Lipinski definition) is 3. The van der Waals surface area contributed by atoms with Gasteiger partial charge in [-0.3, -0.25) is 4.79 Å². The Kier molecular flexibility index (Phi) is 3.33. The molecule has 2 unspecified atom stereocenters. The summed E-state index contributed by atoms with van der Waals surface area (Å²) in [5.41, 5.74) is 0. The van der Waals surface area contributed by atoms with Crippen molar-refractivity contribution in [2.45, 2.75) is 6.92 Å². The zero-order valence-electron chi connectivity index (χ0n) is 8.74. The number of carbonyl (C=O) groups excluding carboxylic acids is 2. The van der Waals surface area contributed by atoms with E-state index in [0.717, 1.165) is 0 Å². The second-order valence-corrected chi connectivity index (χ2v) is 3.57. The van der Waals surface area contributed by atoms with Gasteiger partial charge in [0.15, 0.2) is 0 Å². The summed E-state index contributed by atoms with van der Waals surface area (Å²) in [6, 6.07) is -0.136. The first-order valence-corrected chi connectivity index (χ1v) is 4.64. The van der Waals surface area contributed by atoms with Crippen molar-refractivity contribution in [2.24, 2.45) is 11.8 Å². The number of urea groups is 1. The number of likely N-dealkylation sites (tertiary alicyclic amines) is 1. The first kappa shape index (κ1) is 10.8. The Morgan fingerprint density at radius 3 is 2.57 bits per heavy atom. The largest absolute Gasteiger partial charge is 0.469 e. The molecule has 1 fully saturated rings. The van der Waals surface area contributed by atoms with Crippen LogP contribution in [0.1, 0.15) is 6.92 Å². The highest BCUT2D eigenvalue weighted by Crippen LogP contribution is 2.23. The first-order chi connectivity index (χ1) is 6.60. The van der Waals surface area contributed by atoms with Crippen LogP contribution in [0, 0.1) is 11.8 Å². The van der Waals surface area contributed by atoms with E-state index in [1.165, 1.54) is 7.11 Å². The van der Waals surface area contributed by atoms with Gasteiger partial charge in [-0.05, 0) is 5.92 Å². The van der Waals surface area contributed by atoms with Crippen molar-refractivity contribution in [3.05, 3.63) is 0 Å². The van der Waals surface area contributed by atoms with Gasteiger partial charge >= 0.3 is 12.0 Å². The van der Waals surface area contributed by atoms with Gasteiger partial charge in [0.05, 0.1) is 13.0 Å². The maximum atomic E-state index is 11.3. The molecular formula is C9H16N2O3. The first-order valence-electron chi connectivity index (χ1n) is 4.64. The summed E-state index contributed by atoms with van der Waals surface area (Å²) in [6.07, 6.45) is 0. The number of ether oxygens (including phenoxy) is 1. The van der Waals surface area contributed by atoms with Gasteiger partial charge in [-0.1, -0.05) is 6.92 Å². The summed E-state index contributed by atoms with van der Waals surface area (Å²) in [5, 5.41) is 2.54. The molecule has 2 atom stereocenters. The van der Waals surface area contributed by atoms with Crippen LogP contribution in [0.4, 0.5) is 4.79 Å². The molecule has 5 nitrogen and oxygen atoms in total. The SMILES string of the molecule is CNC(=O)N1CC(C)C(C(=O)OC)C1. The number of carbonyl (C=O) groups is 2. The number of hydrogen-bond donors (Lipinski definition) is 1. The van der Waals surface area contributed by atoms with Crippen LogP contribution in [0.2, 0.25) is 0 Å². The minimum Gasteiger partial charge on any atom is -0.469 e. The van der Waals surface area contributed by atoms with E-state index < -0.39 is 0 Å². The minimum absolute atomic E-state index is 0.136. The Balaban J connectivity index is 2.59. The molecule has 0 aromatic heterocycles. The van der Waals surface area contributed by atoms with Gasteiger partial charge in [0.2, 0.25) is 0 Å². The summed E-state index contributed by atoms with van der Waals surface area (Å²) in [7, 11) is 2.95. The minimum atomic E-state index is -0.232. The Bertz CT molecular complexity index is 242. The second kappa shape index (κ2) is 4.30. The summed E-state index contributed by atoms with van der Waals surface area (Å²) >= 11 is 0. The lowest BCUT2D eigenvalue weighted by atomic mass is 9.99. The van der Waals surface area contributed by atoms with E-state index >= 15 is 0 Å². The van der Waals surface area contributed by atoms with Crippen molar-refractivity contribution in [3.63, 3.8) is 0 Å². The van der Waals surface area contributed by atoms with Crippen molar-refractivity contribution in [3.8, 4) is 0 Å². The van der Waals surface area contributed by atoms with Gasteiger partial charge < -0.3 is 15.0 Å². The van der Waals surface area contributed by atoms with Gasteiger partial charge in [0.25, 0.3) is 0 Å². The monoisotopic (exact) mass is 200 g/mol. The fraction of sp³-hybridized carbons (Fsp3) is 0.778. The quantitative estimate of drug-likeness (QED) is 0.609. The van der Waals surface area contributed by atoms with Crippen molar-refractivity contribution >= 4 is 12.0 Å². The Morgan fingerprint density at radius 2 is 2.07 bits per heavy atom. The molecule has 80 valence electrons. The van der Waals surface area contributed by atoms with Crippen LogP contribution < -0.4 is 5.32 Å². The van der Waals surface area contributed by atoms with Crippen molar-refractivity contribution in [2.75, 3.05) is 27.2 Å². The average Bonchev–Trinajstić information content (AvgIpc) is 2.58. The molecule has 1 N–H and O–H groups in total. The maximum absolute atomic E-state index is 11.3. The molecular weight excluding hydrogens is 184 g/mol. The van der Waals surface area contributed by atoms with E-state index in [-0.39, 0.29) is 23.8 Å². The third kappa shape index (κ3) is 1.97. The molecule has 1 aliphatic heterocycles. The molecule has 0 bridgehead atoms. The Hall–Kier alpha value is -1.26. The van der Waals surface area contributed by atoms with E-state index in [9.17, 15) is 9.59 Å². The molecule has 1 rings (SSSR count). The van der Waals surface area contributed by atoms with E-state index in [4.69, 9.17) is 0 Å². The van der Waals surface area contributed by atoms with Gasteiger partial charge in [0.1, 0.15) is 0 Å². The van der Waals surface area contributed by atoms with Gasteiger partial charge in [-0.2, -0.15) is 0 Å². The molecule has 5 heteroatoms. The van der Waals surface area contributed by atoms with Crippen molar-refractivity contribution in [1.82, 2.24) is 10.2 Å². The predicted molar refractivity (Wildman–Crippen MR) is 50.7 cm³/mol. The fourth-order valence-electron chi connectivity index (χ4n) is 1.75. The van der Waals surface area contributed by atoms with E-state index in [0.29, 0.717) is 13.1 Å². The van der Waals surface area contributed by atoms with Crippen LogP contribution >= 0.6 is 0 Å². The number of nitrogens with zero attached hydrogens (tertiary/aromatic N) is 1. The standard InChI is InChI=1S/C9H16N2O3/c1-6-4-11(9(13)10-2)5-7(6)8(12)14-3/h6-7H,4-5H2,1-3H3,(H,10,13). The van der Waals surface area contributed by atoms with Crippen LogP contribution in [-0.2, 0) is 9.53 Å². The number of methoxy groups -OCH3 is 1. The third-order valence-electron chi connectivity index (χ3n) is 2.62. The van der Waals surface area contributed by atoms with Crippen LogP contribution in [0.3, 0.4) is 0 Å². The number of esters is 1. The molecule has 1 saturated heterocycles. The highest BCUT2D eigenvalue weighted by atomic mass is 16.5. The van der Waals surface area contributed by atoms with E-state index in [1.807, 2.05) is 6.92 Å². The number of nitrogens with one attached hydrogen (secondary N) is 1. The van der Waals surface area contributed by atoms with Gasteiger partial charge in [-0.25, -0.2) is 4.79 Å². The second-order valence-electron chi connectivity index (χ2n) is 3.57. The summed E-state index contributed by atoms with van der Waals surface area (Å²) in [5.74, 6) is -0.249. The smallest absolute Gasteiger partial charge is 0.317 e. The lowest BCUT2D eigenvalue weighted by molar-refractivity contribution is -0.145. The van der Waals surface area contributed by atoms with Crippen LogP contribution in [0.5, 0.6) is 0 Å². The zero-order valence-corrected chi connectivity index (χ0v) is 8.74. The lowest BCUT2D eigenvalue weighted by Gasteiger charge is -2.14. The van der Waals surface area contributed by atoms with Crippen LogP contribution in [0.25, 0.3) is 0 Å². The summed E-state index contributed by atoms with van der Waals surface area (Å²) in [6.45, 7) is 3.01. The van der Waals surface area contributed by atoms with Gasteiger partial charge in [0, 0.05) is 20.1 Å². The molecule has 0 radical (unpaired) electrons. The number of amides is 2. The molecule has 14 heavy (non-hydrogen) atoms. The van der Waals surface area contributed by atoms with E-state index in [2.05, 4.69) is 10.1 Å². The topological polar surface area (TPSA) is 58.6 Å². The highest BCUT2D eigenvalue weighted by molar-refractivity contribution is 5.78. The van der Waals surface area contributed by atoms with Crippen LogP contribution in [0.15, 0.2) is 0 Å². The summed E-state index contributed by atoms with van der Waals surface area (Å²) in [4.78, 5) is 24.2.